The van der Waals surface area contributed by atoms with E-state index in [0.717, 1.165) is 24.9 Å². The molecule has 5 rings (SSSR count). The van der Waals surface area contributed by atoms with E-state index < -0.39 is 11.7 Å². The first-order chi connectivity index (χ1) is 16.4. The Morgan fingerprint density at radius 2 is 2.09 bits per heavy atom. The number of thiazole rings is 1. The predicted octanol–water partition coefficient (Wildman–Crippen LogP) is 5.11. The predicted molar refractivity (Wildman–Crippen MR) is 130 cm³/mol. The zero-order valence-electron chi connectivity index (χ0n) is 18.3. The summed E-state index contributed by atoms with van der Waals surface area (Å²) >= 11 is 7.16. The van der Waals surface area contributed by atoms with E-state index in [0.29, 0.717) is 33.9 Å². The third-order valence-electron chi connectivity index (χ3n) is 5.67. The minimum atomic E-state index is -0.636. The minimum absolute atomic E-state index is 0.0956. The maximum atomic E-state index is 14.3. The van der Waals surface area contributed by atoms with Crippen LogP contribution in [0.15, 0.2) is 48.0 Å². The SMILES string of the molecule is Nc1cc(C(=O)NCc2ccc(Cl)cc2)c(F)cc1-c1nccs1.O=C1OCC2CCCCN12. The molecule has 3 N–H and O–H groups in total. The van der Waals surface area contributed by atoms with Crippen molar-refractivity contribution in [3.05, 3.63) is 69.9 Å². The van der Waals surface area contributed by atoms with Crippen LogP contribution in [0.4, 0.5) is 14.9 Å². The Balaban J connectivity index is 0.000000226. The van der Waals surface area contributed by atoms with Gasteiger partial charge in [0.2, 0.25) is 0 Å². The maximum Gasteiger partial charge on any atom is 0.410 e. The summed E-state index contributed by atoms with van der Waals surface area (Å²) in [5, 5.41) is 5.67. The molecule has 3 aromatic rings. The van der Waals surface area contributed by atoms with E-state index in [1.54, 1.807) is 35.8 Å². The van der Waals surface area contributed by atoms with Crippen molar-refractivity contribution in [2.24, 2.45) is 0 Å². The number of hydrogen-bond acceptors (Lipinski definition) is 6. The molecule has 2 amide bonds. The monoisotopic (exact) mass is 502 g/mol. The topological polar surface area (TPSA) is 97.6 Å². The molecule has 178 valence electrons. The Hall–Kier alpha value is -3.17. The highest BCUT2D eigenvalue weighted by Gasteiger charge is 2.34. The van der Waals surface area contributed by atoms with Gasteiger partial charge in [-0.15, -0.1) is 11.3 Å². The molecule has 2 aromatic carbocycles. The molecule has 3 heterocycles. The van der Waals surface area contributed by atoms with Crippen LogP contribution in [-0.4, -0.2) is 41.1 Å². The molecule has 2 fully saturated rings. The summed E-state index contributed by atoms with van der Waals surface area (Å²) in [6, 6.07) is 10.0. The Morgan fingerprint density at radius 1 is 1.29 bits per heavy atom. The fourth-order valence-electron chi connectivity index (χ4n) is 3.85. The molecule has 2 saturated heterocycles. The van der Waals surface area contributed by atoms with Crippen LogP contribution in [0.2, 0.25) is 5.02 Å². The molecule has 1 atom stereocenters. The van der Waals surface area contributed by atoms with Crippen LogP contribution in [0, 0.1) is 5.82 Å². The average molecular weight is 503 g/mol. The summed E-state index contributed by atoms with van der Waals surface area (Å²) < 4.78 is 19.2. The number of nitrogen functional groups attached to an aromatic ring is 1. The number of nitrogens with two attached hydrogens (primary N) is 1. The van der Waals surface area contributed by atoms with Crippen LogP contribution < -0.4 is 11.1 Å². The zero-order valence-corrected chi connectivity index (χ0v) is 19.9. The molecule has 0 saturated carbocycles. The highest BCUT2D eigenvalue weighted by molar-refractivity contribution is 7.13. The summed E-state index contributed by atoms with van der Waals surface area (Å²) in [6.45, 7) is 1.80. The van der Waals surface area contributed by atoms with Crippen molar-refractivity contribution in [3.63, 3.8) is 0 Å². The van der Waals surface area contributed by atoms with Crippen molar-refractivity contribution in [3.8, 4) is 10.6 Å². The maximum absolute atomic E-state index is 14.3. The Morgan fingerprint density at radius 3 is 2.79 bits per heavy atom. The number of anilines is 1. The van der Waals surface area contributed by atoms with Crippen molar-refractivity contribution >= 4 is 40.6 Å². The summed E-state index contributed by atoms with van der Waals surface area (Å²) in [6.07, 6.45) is 5.03. The molecule has 0 bridgehead atoms. The minimum Gasteiger partial charge on any atom is -0.447 e. The number of carbonyl (C=O) groups is 2. The second kappa shape index (κ2) is 10.8. The molecule has 34 heavy (non-hydrogen) atoms. The number of benzene rings is 2. The average Bonchev–Trinajstić information content (AvgIpc) is 3.51. The standard InChI is InChI=1S/C17H13ClFN3OS.C7H11NO2/c18-11-3-1-10(2-4-11)9-22-16(23)12-8-15(20)13(7-14(12)19)17-21-5-6-24-17;9-7-8-4-2-1-3-6(8)5-10-7/h1-8H,9,20H2,(H,22,23);6H,1-5H2. The van der Waals surface area contributed by atoms with Crippen molar-refractivity contribution in [1.82, 2.24) is 15.2 Å². The summed E-state index contributed by atoms with van der Waals surface area (Å²) in [5.41, 5.74) is 7.51. The van der Waals surface area contributed by atoms with Gasteiger partial charge in [0.05, 0.1) is 11.6 Å². The van der Waals surface area contributed by atoms with Gasteiger partial charge in [-0.25, -0.2) is 14.2 Å². The van der Waals surface area contributed by atoms with Crippen LogP contribution in [0.25, 0.3) is 10.6 Å². The van der Waals surface area contributed by atoms with Crippen LogP contribution in [-0.2, 0) is 11.3 Å². The molecular weight excluding hydrogens is 479 g/mol. The van der Waals surface area contributed by atoms with Crippen molar-refractivity contribution < 1.29 is 18.7 Å². The van der Waals surface area contributed by atoms with Crippen molar-refractivity contribution in [2.75, 3.05) is 18.9 Å². The van der Waals surface area contributed by atoms with E-state index >= 15 is 0 Å². The number of nitrogens with zero attached hydrogens (tertiary/aromatic N) is 2. The lowest BCUT2D eigenvalue weighted by molar-refractivity contribution is 0.0947. The highest BCUT2D eigenvalue weighted by Crippen LogP contribution is 2.30. The van der Waals surface area contributed by atoms with Crippen molar-refractivity contribution in [2.45, 2.75) is 31.8 Å². The van der Waals surface area contributed by atoms with Gasteiger partial charge in [-0.1, -0.05) is 23.7 Å². The normalized spacial score (nSPS) is 16.8. The molecule has 7 nitrogen and oxygen atoms in total. The van der Waals surface area contributed by atoms with Crippen molar-refractivity contribution in [1.29, 1.82) is 0 Å². The van der Waals surface area contributed by atoms with Crippen LogP contribution in [0.1, 0.15) is 35.2 Å². The first-order valence-electron chi connectivity index (χ1n) is 10.9. The van der Waals surface area contributed by atoms with E-state index in [1.807, 2.05) is 4.90 Å². The molecule has 1 aromatic heterocycles. The number of nitrogens with one attached hydrogen (secondary N) is 1. The van der Waals surface area contributed by atoms with Crippen LogP contribution in [0.3, 0.4) is 0 Å². The number of aromatic nitrogens is 1. The quantitative estimate of drug-likeness (QED) is 0.483. The second-order valence-electron chi connectivity index (χ2n) is 7.99. The van der Waals surface area contributed by atoms with E-state index in [2.05, 4.69) is 10.3 Å². The van der Waals surface area contributed by atoms with Gasteiger partial charge >= 0.3 is 6.09 Å². The van der Waals surface area contributed by atoms with E-state index in [9.17, 15) is 14.0 Å². The Bertz CT molecular complexity index is 1160. The number of rotatable bonds is 4. The fraction of sp³-hybridized carbons (Fsp3) is 0.292. The van der Waals surface area contributed by atoms with Gasteiger partial charge in [0.25, 0.3) is 5.91 Å². The number of piperidine rings is 1. The number of amides is 2. The van der Waals surface area contributed by atoms with Gasteiger partial charge in [0.15, 0.2) is 0 Å². The van der Waals surface area contributed by atoms with Gasteiger partial charge in [-0.2, -0.15) is 0 Å². The third kappa shape index (κ3) is 5.66. The Labute approximate surface area is 205 Å². The number of ether oxygens (including phenoxy) is 1. The van der Waals surface area contributed by atoms with Gasteiger partial charge in [-0.3, -0.25) is 4.79 Å². The van der Waals surface area contributed by atoms with Gasteiger partial charge in [0, 0.05) is 40.9 Å². The van der Waals surface area contributed by atoms with Crippen LogP contribution >= 0.6 is 22.9 Å². The highest BCUT2D eigenvalue weighted by atomic mass is 35.5. The molecular formula is C24H24ClFN4O3S. The van der Waals surface area contributed by atoms with Gasteiger partial charge in [0.1, 0.15) is 17.4 Å². The number of cyclic esters (lactones) is 1. The molecule has 1 unspecified atom stereocenters. The van der Waals surface area contributed by atoms with Crippen LogP contribution in [0.5, 0.6) is 0 Å². The summed E-state index contributed by atoms with van der Waals surface area (Å²) in [4.78, 5) is 29.1. The second-order valence-corrected chi connectivity index (χ2v) is 9.32. The summed E-state index contributed by atoms with van der Waals surface area (Å²) in [5.74, 6) is -1.16. The third-order valence-corrected chi connectivity index (χ3v) is 6.73. The number of halogens is 2. The molecule has 0 spiro atoms. The lowest BCUT2D eigenvalue weighted by Gasteiger charge is -2.25. The molecule has 0 radical (unpaired) electrons. The Kier molecular flexibility index (Phi) is 7.64. The lowest BCUT2D eigenvalue weighted by atomic mass is 10.0. The molecule has 0 aliphatic carbocycles. The number of hydrogen-bond donors (Lipinski definition) is 2. The van der Waals surface area contributed by atoms with Gasteiger partial charge < -0.3 is 20.7 Å². The number of fused-ring (bicyclic) bond motifs is 1. The molecule has 2 aliphatic rings. The fourth-order valence-corrected chi connectivity index (χ4v) is 4.65. The number of carbonyl (C=O) groups excluding carboxylic acids is 2. The summed E-state index contributed by atoms with van der Waals surface area (Å²) in [7, 11) is 0. The first kappa shape index (κ1) is 24.0. The smallest absolute Gasteiger partial charge is 0.410 e. The van der Waals surface area contributed by atoms with E-state index in [4.69, 9.17) is 22.1 Å². The van der Waals surface area contributed by atoms with E-state index in [1.165, 1.54) is 29.9 Å². The lowest BCUT2D eigenvalue weighted by Crippen LogP contribution is -2.37. The first-order valence-corrected chi connectivity index (χ1v) is 12.1. The zero-order chi connectivity index (χ0) is 24.1. The molecule has 10 heteroatoms. The van der Waals surface area contributed by atoms with E-state index in [-0.39, 0.29) is 18.2 Å². The molecule has 2 aliphatic heterocycles. The largest absolute Gasteiger partial charge is 0.447 e. The van der Waals surface area contributed by atoms with Gasteiger partial charge in [-0.05, 0) is 49.1 Å².